The monoisotopic (exact) mass is 228 g/mol. The number of hydrogen-bond donors (Lipinski definition) is 0. The van der Waals surface area contributed by atoms with Gasteiger partial charge in [0.1, 0.15) is 0 Å². The van der Waals surface area contributed by atoms with Gasteiger partial charge >= 0.3 is 0 Å². The van der Waals surface area contributed by atoms with Crippen LogP contribution in [0.4, 0.5) is 0 Å². The van der Waals surface area contributed by atoms with E-state index in [9.17, 15) is 0 Å². The number of hydrogen-bond acceptors (Lipinski definition) is 0. The summed E-state index contributed by atoms with van der Waals surface area (Å²) in [6, 6.07) is 11.0. The SMILES string of the molecule is CCCCC1=CC([SiH2]c2ccccc2)C=C1. The molecule has 0 aromatic heterocycles. The quantitative estimate of drug-likeness (QED) is 0.680. The molecule has 1 aromatic rings. The Balaban J connectivity index is 1.89. The fourth-order valence-corrected chi connectivity index (χ4v) is 3.98. The molecule has 1 atom stereocenters. The van der Waals surface area contributed by atoms with E-state index in [-0.39, 0.29) is 9.52 Å². The average molecular weight is 228 g/mol. The summed E-state index contributed by atoms with van der Waals surface area (Å²) in [5, 5.41) is 1.57. The van der Waals surface area contributed by atoms with Crippen LogP contribution >= 0.6 is 0 Å². The molecule has 0 saturated heterocycles. The molecule has 0 amide bonds. The van der Waals surface area contributed by atoms with E-state index in [2.05, 4.69) is 55.5 Å². The molecule has 0 saturated carbocycles. The van der Waals surface area contributed by atoms with Gasteiger partial charge < -0.3 is 0 Å². The van der Waals surface area contributed by atoms with Crippen molar-refractivity contribution < 1.29 is 0 Å². The molecule has 0 bridgehead atoms. The number of unbranched alkanes of at least 4 members (excludes halogenated alkanes) is 1. The summed E-state index contributed by atoms with van der Waals surface area (Å²) in [6.45, 7) is 2.26. The molecule has 16 heavy (non-hydrogen) atoms. The molecule has 1 aromatic carbocycles. The molecule has 0 heterocycles. The second kappa shape index (κ2) is 5.85. The fraction of sp³-hybridized carbons (Fsp3) is 0.333. The molecule has 0 spiro atoms. The summed E-state index contributed by atoms with van der Waals surface area (Å²) in [5.41, 5.74) is 2.32. The zero-order valence-corrected chi connectivity index (χ0v) is 11.4. The molecule has 0 N–H and O–H groups in total. The molecule has 1 heteroatoms. The lowest BCUT2D eigenvalue weighted by molar-refractivity contribution is 0.798. The predicted molar refractivity (Wildman–Crippen MR) is 75.1 cm³/mol. The van der Waals surface area contributed by atoms with Gasteiger partial charge in [0.15, 0.2) is 0 Å². The Morgan fingerprint density at radius 2 is 2.00 bits per heavy atom. The van der Waals surface area contributed by atoms with Crippen LogP contribution in [0.15, 0.2) is 54.1 Å². The van der Waals surface area contributed by atoms with Crippen molar-refractivity contribution in [2.75, 3.05) is 0 Å². The molecule has 1 unspecified atom stereocenters. The van der Waals surface area contributed by atoms with Crippen molar-refractivity contribution >= 4 is 14.7 Å². The summed E-state index contributed by atoms with van der Waals surface area (Å²) in [5.74, 6) is 0. The van der Waals surface area contributed by atoms with Gasteiger partial charge in [0.2, 0.25) is 0 Å². The first-order valence-corrected chi connectivity index (χ1v) is 7.83. The van der Waals surface area contributed by atoms with Crippen LogP contribution in [-0.4, -0.2) is 9.52 Å². The standard InChI is InChI=1S/C15H20Si/c1-2-3-7-13-10-11-15(12-13)16-14-8-5-4-6-9-14/h4-6,8-12,15H,2-3,7,16H2,1H3. The Labute approximate surface area is 101 Å². The van der Waals surface area contributed by atoms with Crippen molar-refractivity contribution in [2.45, 2.75) is 31.7 Å². The zero-order valence-electron chi connectivity index (χ0n) is 10.0. The van der Waals surface area contributed by atoms with Gasteiger partial charge in [0, 0.05) is 0 Å². The van der Waals surface area contributed by atoms with Gasteiger partial charge in [-0.1, -0.05) is 72.7 Å². The molecule has 2 rings (SSSR count). The highest BCUT2D eigenvalue weighted by atomic mass is 28.2. The highest BCUT2D eigenvalue weighted by Crippen LogP contribution is 2.23. The van der Waals surface area contributed by atoms with Crippen LogP contribution in [0, 0.1) is 0 Å². The topological polar surface area (TPSA) is 0 Å². The largest absolute Gasteiger partial charge is 0.0803 e. The van der Waals surface area contributed by atoms with Gasteiger partial charge in [-0.15, -0.1) is 0 Å². The lowest BCUT2D eigenvalue weighted by Gasteiger charge is -2.04. The minimum absolute atomic E-state index is 0.153. The van der Waals surface area contributed by atoms with Gasteiger partial charge in [-0.2, -0.15) is 0 Å². The molecule has 0 aliphatic heterocycles. The maximum atomic E-state index is 2.49. The first-order valence-electron chi connectivity index (χ1n) is 6.31. The highest BCUT2D eigenvalue weighted by molar-refractivity contribution is 6.56. The van der Waals surface area contributed by atoms with E-state index in [1.165, 1.54) is 19.3 Å². The summed E-state index contributed by atoms with van der Waals surface area (Å²) < 4.78 is 0. The van der Waals surface area contributed by atoms with Gasteiger partial charge in [-0.3, -0.25) is 0 Å². The van der Waals surface area contributed by atoms with Crippen molar-refractivity contribution in [3.8, 4) is 0 Å². The summed E-state index contributed by atoms with van der Waals surface area (Å²) in [4.78, 5) is 0. The highest BCUT2D eigenvalue weighted by Gasteiger charge is 2.10. The van der Waals surface area contributed by atoms with Gasteiger partial charge in [0.25, 0.3) is 0 Å². The van der Waals surface area contributed by atoms with Crippen LogP contribution in [0.2, 0.25) is 5.54 Å². The van der Waals surface area contributed by atoms with Crippen molar-refractivity contribution in [3.63, 3.8) is 0 Å². The van der Waals surface area contributed by atoms with Crippen LogP contribution in [0.1, 0.15) is 26.2 Å². The van der Waals surface area contributed by atoms with E-state index in [0.29, 0.717) is 0 Å². The van der Waals surface area contributed by atoms with E-state index >= 15 is 0 Å². The minimum atomic E-state index is -0.153. The fourth-order valence-electron chi connectivity index (χ4n) is 2.19. The Bertz CT molecular complexity index is 376. The number of allylic oxidation sites excluding steroid dienone is 4. The van der Waals surface area contributed by atoms with E-state index in [0.717, 1.165) is 5.54 Å². The van der Waals surface area contributed by atoms with E-state index in [4.69, 9.17) is 0 Å². The number of benzene rings is 1. The van der Waals surface area contributed by atoms with Gasteiger partial charge in [0.05, 0.1) is 9.52 Å². The van der Waals surface area contributed by atoms with Crippen LogP contribution in [0.25, 0.3) is 0 Å². The van der Waals surface area contributed by atoms with Crippen molar-refractivity contribution in [3.05, 3.63) is 54.1 Å². The average Bonchev–Trinajstić information content (AvgIpc) is 2.75. The molecule has 0 fully saturated rings. The Morgan fingerprint density at radius 3 is 2.75 bits per heavy atom. The first-order chi connectivity index (χ1) is 7.88. The third-order valence-corrected chi connectivity index (χ3v) is 5.04. The Morgan fingerprint density at radius 1 is 1.19 bits per heavy atom. The maximum Gasteiger partial charge on any atom is 0.0663 e. The summed E-state index contributed by atoms with van der Waals surface area (Å²) in [7, 11) is -0.153. The van der Waals surface area contributed by atoms with E-state index in [1.807, 2.05) is 0 Å². The maximum absolute atomic E-state index is 2.49. The van der Waals surface area contributed by atoms with E-state index < -0.39 is 0 Å². The smallest absolute Gasteiger partial charge is 0.0663 e. The second-order valence-electron chi connectivity index (χ2n) is 4.56. The molecular weight excluding hydrogens is 208 g/mol. The second-order valence-corrected chi connectivity index (χ2v) is 6.73. The third kappa shape index (κ3) is 3.21. The molecule has 1 aliphatic rings. The van der Waals surface area contributed by atoms with Gasteiger partial charge in [-0.05, 0) is 18.4 Å². The lowest BCUT2D eigenvalue weighted by Crippen LogP contribution is -2.16. The lowest BCUT2D eigenvalue weighted by atomic mass is 10.1. The normalized spacial score (nSPS) is 19.6. The molecule has 0 radical (unpaired) electrons. The first kappa shape index (κ1) is 11.4. The van der Waals surface area contributed by atoms with Crippen LogP contribution in [0.5, 0.6) is 0 Å². The molecule has 84 valence electrons. The number of rotatable bonds is 5. The van der Waals surface area contributed by atoms with Crippen molar-refractivity contribution in [1.29, 1.82) is 0 Å². The van der Waals surface area contributed by atoms with Crippen molar-refractivity contribution in [1.82, 2.24) is 0 Å². The summed E-state index contributed by atoms with van der Waals surface area (Å²) in [6.07, 6.45) is 11.1. The van der Waals surface area contributed by atoms with Gasteiger partial charge in [-0.25, -0.2) is 0 Å². The predicted octanol–water partition coefficient (Wildman–Crippen LogP) is 2.96. The van der Waals surface area contributed by atoms with Crippen LogP contribution < -0.4 is 5.19 Å². The summed E-state index contributed by atoms with van der Waals surface area (Å²) >= 11 is 0. The van der Waals surface area contributed by atoms with E-state index in [1.54, 1.807) is 10.8 Å². The van der Waals surface area contributed by atoms with Crippen LogP contribution in [0.3, 0.4) is 0 Å². The minimum Gasteiger partial charge on any atom is -0.0803 e. The molecule has 0 nitrogen and oxygen atoms in total. The van der Waals surface area contributed by atoms with Crippen molar-refractivity contribution in [2.24, 2.45) is 0 Å². The third-order valence-electron chi connectivity index (χ3n) is 3.12. The Kier molecular flexibility index (Phi) is 4.17. The zero-order chi connectivity index (χ0) is 11.2. The van der Waals surface area contributed by atoms with Crippen LogP contribution in [-0.2, 0) is 0 Å². The molecular formula is C15H20Si. The molecule has 1 aliphatic carbocycles. The Hall–Kier alpha value is -1.08.